The van der Waals surface area contributed by atoms with Crippen molar-refractivity contribution in [2.75, 3.05) is 46.9 Å². The molecule has 3 aliphatic heterocycles. The van der Waals surface area contributed by atoms with Crippen LogP contribution in [-0.2, 0) is 22.7 Å². The van der Waals surface area contributed by atoms with E-state index < -0.39 is 0 Å². The van der Waals surface area contributed by atoms with E-state index >= 15 is 0 Å². The Morgan fingerprint density at radius 2 is 1.73 bits per heavy atom. The van der Waals surface area contributed by atoms with Crippen LogP contribution >= 0.6 is 23.2 Å². The Labute approximate surface area is 308 Å². The number of likely N-dealkylation sites (tertiary alicyclic amines) is 2. The van der Waals surface area contributed by atoms with Gasteiger partial charge in [-0.25, -0.2) is 4.98 Å². The van der Waals surface area contributed by atoms with Crippen LogP contribution in [0.1, 0.15) is 37.3 Å². The summed E-state index contributed by atoms with van der Waals surface area (Å²) in [6.07, 6.45) is 4.17. The van der Waals surface area contributed by atoms with Crippen LogP contribution in [0.15, 0.2) is 60.8 Å². The smallest absolute Gasteiger partial charge is 0.220 e. The van der Waals surface area contributed by atoms with E-state index in [1.165, 1.54) is 0 Å². The van der Waals surface area contributed by atoms with Gasteiger partial charge in [-0.05, 0) is 31.0 Å². The van der Waals surface area contributed by atoms with Crippen LogP contribution in [-0.4, -0.2) is 84.6 Å². The molecule has 12 heteroatoms. The molecule has 0 bridgehead atoms. The largest absolute Gasteiger partial charge is 0.496 e. The summed E-state index contributed by atoms with van der Waals surface area (Å²) < 4.78 is 11.5. The fraction of sp³-hybridized carbons (Fsp3) is 0.385. The number of aromatic nitrogens is 2. The topological polar surface area (TPSA) is 109 Å². The van der Waals surface area contributed by atoms with Crippen molar-refractivity contribution in [3.05, 3.63) is 82.0 Å². The van der Waals surface area contributed by atoms with E-state index in [0.717, 1.165) is 91.2 Å². The van der Waals surface area contributed by atoms with Gasteiger partial charge in [0.2, 0.25) is 17.7 Å². The fourth-order valence-electron chi connectivity index (χ4n) is 7.63. The standard InChI is InChI=1S/C39H42Cl2N6O4/c1-24(48)47-15-12-28(13-16-47)43-19-26-9-10-32(45-38(26)51-3)31-6-4-5-29(35(31)40)30-11-14-42-37(36(30)41)25-7-8-27(33(17-25)50-2)20-46-22-39(23-46)18-34(49)44-21-39/h4-11,14,17,28,43H,12-13,15-16,18-23H2,1-3H3,(H,44,49). The van der Waals surface area contributed by atoms with Crippen molar-refractivity contribution in [1.29, 1.82) is 0 Å². The van der Waals surface area contributed by atoms with Crippen molar-refractivity contribution in [2.45, 2.75) is 45.3 Å². The highest BCUT2D eigenvalue weighted by molar-refractivity contribution is 6.39. The van der Waals surface area contributed by atoms with Gasteiger partial charge in [-0.15, -0.1) is 0 Å². The Morgan fingerprint density at radius 3 is 2.43 bits per heavy atom. The second-order valence-corrected chi connectivity index (χ2v) is 14.6. The molecule has 0 saturated carbocycles. The summed E-state index contributed by atoms with van der Waals surface area (Å²) in [7, 11) is 3.29. The van der Waals surface area contributed by atoms with E-state index in [1.54, 1.807) is 27.3 Å². The molecule has 7 rings (SSSR count). The van der Waals surface area contributed by atoms with Crippen molar-refractivity contribution in [1.82, 2.24) is 30.4 Å². The molecule has 2 N–H and O–H groups in total. The first-order valence-corrected chi connectivity index (χ1v) is 18.1. The van der Waals surface area contributed by atoms with E-state index in [2.05, 4.69) is 26.6 Å². The third-order valence-corrected chi connectivity index (χ3v) is 11.2. The number of benzene rings is 2. The first-order valence-electron chi connectivity index (χ1n) is 17.3. The lowest BCUT2D eigenvalue weighted by molar-refractivity contribution is -0.130. The highest BCUT2D eigenvalue weighted by atomic mass is 35.5. The molecule has 3 fully saturated rings. The minimum atomic E-state index is 0.0701. The number of pyridine rings is 2. The van der Waals surface area contributed by atoms with Gasteiger partial charge in [0, 0.05) is 110 Å². The van der Waals surface area contributed by atoms with Crippen LogP contribution in [0.2, 0.25) is 10.0 Å². The molecular weight excluding hydrogens is 687 g/mol. The molecule has 5 heterocycles. The predicted octanol–water partition coefficient (Wildman–Crippen LogP) is 6.22. The Bertz CT molecular complexity index is 1960. The number of ether oxygens (including phenoxy) is 2. The van der Waals surface area contributed by atoms with Gasteiger partial charge < -0.3 is 25.0 Å². The van der Waals surface area contributed by atoms with Crippen LogP contribution in [0.3, 0.4) is 0 Å². The quantitative estimate of drug-likeness (QED) is 0.198. The number of hydrogen-bond acceptors (Lipinski definition) is 8. The SMILES string of the molecule is COc1cc(-c2nccc(-c3cccc(-c4ccc(CNC5CCN(C(C)=O)CC5)c(OC)n4)c3Cl)c2Cl)ccc1CN1CC2(CNC(=O)C2)C1. The molecular formula is C39H42Cl2N6O4. The first kappa shape index (κ1) is 35.2. The zero-order valence-corrected chi connectivity index (χ0v) is 30.6. The maximum atomic E-state index is 11.8. The molecule has 3 aliphatic rings. The molecule has 266 valence electrons. The number of piperidine rings is 1. The Morgan fingerprint density at radius 1 is 0.980 bits per heavy atom. The van der Waals surface area contributed by atoms with E-state index in [0.29, 0.717) is 46.3 Å². The minimum Gasteiger partial charge on any atom is -0.496 e. The normalized spacial score (nSPS) is 17.4. The summed E-state index contributed by atoms with van der Waals surface area (Å²) in [5.74, 6) is 1.56. The molecule has 51 heavy (non-hydrogen) atoms. The summed E-state index contributed by atoms with van der Waals surface area (Å²) in [6, 6.07) is 18.1. The molecule has 2 aromatic heterocycles. The molecule has 3 saturated heterocycles. The lowest BCUT2D eigenvalue weighted by Gasteiger charge is -2.47. The summed E-state index contributed by atoms with van der Waals surface area (Å²) in [5.41, 5.74) is 6.51. The number of hydrogen-bond donors (Lipinski definition) is 2. The van der Waals surface area contributed by atoms with Gasteiger partial charge in [0.1, 0.15) is 5.75 Å². The number of rotatable bonds is 10. The van der Waals surface area contributed by atoms with Crippen molar-refractivity contribution in [3.8, 4) is 45.3 Å². The average Bonchev–Trinajstić information content (AvgIpc) is 3.52. The van der Waals surface area contributed by atoms with Crippen molar-refractivity contribution < 1.29 is 19.1 Å². The minimum absolute atomic E-state index is 0.0701. The van der Waals surface area contributed by atoms with Crippen LogP contribution in [0.5, 0.6) is 11.6 Å². The van der Waals surface area contributed by atoms with Crippen LogP contribution in [0, 0.1) is 5.41 Å². The zero-order valence-electron chi connectivity index (χ0n) is 29.1. The second kappa shape index (κ2) is 14.8. The number of carbonyl (C=O) groups excluding carboxylic acids is 2. The summed E-state index contributed by atoms with van der Waals surface area (Å²) in [6.45, 7) is 7.03. The summed E-state index contributed by atoms with van der Waals surface area (Å²) in [5, 5.41) is 7.58. The number of carbonyl (C=O) groups is 2. The Hall–Kier alpha value is -4.22. The molecule has 2 aromatic carbocycles. The predicted molar refractivity (Wildman–Crippen MR) is 199 cm³/mol. The molecule has 0 atom stereocenters. The molecule has 2 amide bonds. The number of nitrogens with zero attached hydrogens (tertiary/aromatic N) is 4. The van der Waals surface area contributed by atoms with Gasteiger partial charge in [0.25, 0.3) is 0 Å². The van der Waals surface area contributed by atoms with Crippen molar-refractivity contribution in [3.63, 3.8) is 0 Å². The lowest BCUT2D eigenvalue weighted by Crippen LogP contribution is -2.56. The van der Waals surface area contributed by atoms with E-state index in [4.69, 9.17) is 37.7 Å². The number of methoxy groups -OCH3 is 2. The fourth-order valence-corrected chi connectivity index (χ4v) is 8.27. The molecule has 4 aromatic rings. The molecule has 0 unspecified atom stereocenters. The summed E-state index contributed by atoms with van der Waals surface area (Å²) >= 11 is 14.2. The second-order valence-electron chi connectivity index (χ2n) is 13.8. The number of amides is 2. The maximum Gasteiger partial charge on any atom is 0.220 e. The molecule has 0 aliphatic carbocycles. The molecule has 10 nitrogen and oxygen atoms in total. The van der Waals surface area contributed by atoms with Crippen LogP contribution in [0.25, 0.3) is 33.6 Å². The van der Waals surface area contributed by atoms with Gasteiger partial charge in [0.05, 0.1) is 35.7 Å². The molecule has 0 radical (unpaired) electrons. The lowest BCUT2D eigenvalue weighted by atomic mass is 9.79. The van der Waals surface area contributed by atoms with Gasteiger partial charge in [0.15, 0.2) is 0 Å². The van der Waals surface area contributed by atoms with Crippen molar-refractivity contribution in [2.24, 2.45) is 5.41 Å². The van der Waals surface area contributed by atoms with Crippen LogP contribution < -0.4 is 20.1 Å². The van der Waals surface area contributed by atoms with Gasteiger partial charge in [-0.2, -0.15) is 0 Å². The third-order valence-electron chi connectivity index (χ3n) is 10.4. The highest BCUT2D eigenvalue weighted by Gasteiger charge is 2.47. The number of halogens is 2. The van der Waals surface area contributed by atoms with Gasteiger partial charge in [-0.1, -0.05) is 59.6 Å². The van der Waals surface area contributed by atoms with E-state index in [1.807, 2.05) is 53.4 Å². The Balaban J connectivity index is 1.08. The highest BCUT2D eigenvalue weighted by Crippen LogP contribution is 2.43. The Kier molecular flexibility index (Phi) is 10.2. The monoisotopic (exact) mass is 728 g/mol. The van der Waals surface area contributed by atoms with Gasteiger partial charge >= 0.3 is 0 Å². The van der Waals surface area contributed by atoms with E-state index in [9.17, 15) is 9.59 Å². The number of nitrogens with one attached hydrogen (secondary N) is 2. The average molecular weight is 730 g/mol. The third kappa shape index (κ3) is 7.28. The van der Waals surface area contributed by atoms with Crippen LogP contribution in [0.4, 0.5) is 0 Å². The zero-order chi connectivity index (χ0) is 35.7. The maximum absolute atomic E-state index is 11.8. The van der Waals surface area contributed by atoms with Gasteiger partial charge in [-0.3, -0.25) is 19.5 Å². The summed E-state index contributed by atoms with van der Waals surface area (Å²) in [4.78, 5) is 37.2. The molecule has 1 spiro atoms. The first-order chi connectivity index (χ1) is 24.7. The van der Waals surface area contributed by atoms with E-state index in [-0.39, 0.29) is 17.2 Å². The van der Waals surface area contributed by atoms with Crippen molar-refractivity contribution >= 4 is 35.0 Å².